The monoisotopic (exact) mass is 468 g/mol. The Bertz CT molecular complexity index is 793. The molecule has 0 saturated heterocycles. The standard InChI is InChI=1S/C19H21IN2O4/c1-12(2)14-6-4-5-7-16(14)26-11-18(23)21-22-19(24)13-8-9-17(25-3)15(20)10-13/h4-10,12H,11H2,1-3H3,(H,21,23)(H,22,24). The van der Waals surface area contributed by atoms with Crippen LogP contribution >= 0.6 is 22.6 Å². The van der Waals surface area contributed by atoms with Crippen molar-refractivity contribution in [1.82, 2.24) is 10.9 Å². The third-order valence-corrected chi connectivity index (χ3v) is 4.47. The number of benzene rings is 2. The van der Waals surface area contributed by atoms with Gasteiger partial charge in [0.1, 0.15) is 11.5 Å². The van der Waals surface area contributed by atoms with Crippen LogP contribution in [0, 0.1) is 3.57 Å². The minimum Gasteiger partial charge on any atom is -0.496 e. The SMILES string of the molecule is COc1ccc(C(=O)NNC(=O)COc2ccccc2C(C)C)cc1I. The van der Waals surface area contributed by atoms with Crippen molar-refractivity contribution >= 4 is 34.4 Å². The summed E-state index contributed by atoms with van der Waals surface area (Å²) >= 11 is 2.08. The molecule has 2 aromatic rings. The lowest BCUT2D eigenvalue weighted by Gasteiger charge is -2.14. The van der Waals surface area contributed by atoms with E-state index in [1.54, 1.807) is 25.3 Å². The highest BCUT2D eigenvalue weighted by molar-refractivity contribution is 14.1. The van der Waals surface area contributed by atoms with Crippen molar-refractivity contribution in [2.45, 2.75) is 19.8 Å². The summed E-state index contributed by atoms with van der Waals surface area (Å²) in [5, 5.41) is 0. The smallest absolute Gasteiger partial charge is 0.276 e. The normalized spacial score (nSPS) is 10.3. The zero-order valence-electron chi connectivity index (χ0n) is 14.8. The Morgan fingerprint density at radius 1 is 1.08 bits per heavy atom. The summed E-state index contributed by atoms with van der Waals surface area (Å²) in [6.07, 6.45) is 0. The first-order valence-electron chi connectivity index (χ1n) is 8.06. The van der Waals surface area contributed by atoms with E-state index in [0.717, 1.165) is 9.13 Å². The van der Waals surface area contributed by atoms with E-state index in [9.17, 15) is 9.59 Å². The van der Waals surface area contributed by atoms with Crippen LogP contribution in [0.5, 0.6) is 11.5 Å². The number of para-hydroxylation sites is 1. The molecule has 2 aromatic carbocycles. The molecule has 138 valence electrons. The molecule has 2 N–H and O–H groups in total. The molecule has 0 heterocycles. The number of nitrogens with one attached hydrogen (secondary N) is 2. The second kappa shape index (κ2) is 9.42. The number of methoxy groups -OCH3 is 1. The maximum Gasteiger partial charge on any atom is 0.276 e. The van der Waals surface area contributed by atoms with Gasteiger partial charge in [-0.05, 0) is 58.3 Å². The molecule has 0 aliphatic rings. The van der Waals surface area contributed by atoms with Gasteiger partial charge in [0.25, 0.3) is 11.8 Å². The summed E-state index contributed by atoms with van der Waals surface area (Å²) < 4.78 is 11.5. The molecule has 7 heteroatoms. The molecular weight excluding hydrogens is 447 g/mol. The fourth-order valence-corrected chi connectivity index (χ4v) is 3.01. The first-order chi connectivity index (χ1) is 12.4. The summed E-state index contributed by atoms with van der Waals surface area (Å²) in [5.74, 6) is 0.769. The van der Waals surface area contributed by atoms with E-state index in [0.29, 0.717) is 17.1 Å². The molecule has 0 aliphatic carbocycles. The lowest BCUT2D eigenvalue weighted by molar-refractivity contribution is -0.123. The number of hydrogen-bond donors (Lipinski definition) is 2. The number of carbonyl (C=O) groups is 2. The summed E-state index contributed by atoms with van der Waals surface area (Å²) in [6, 6.07) is 12.6. The van der Waals surface area contributed by atoms with Gasteiger partial charge in [-0.3, -0.25) is 20.4 Å². The molecule has 26 heavy (non-hydrogen) atoms. The first kappa shape index (κ1) is 20.0. The van der Waals surface area contributed by atoms with Crippen molar-refractivity contribution in [3.05, 3.63) is 57.2 Å². The van der Waals surface area contributed by atoms with Gasteiger partial charge >= 0.3 is 0 Å². The van der Waals surface area contributed by atoms with Crippen LogP contribution in [0.15, 0.2) is 42.5 Å². The van der Waals surface area contributed by atoms with Crippen LogP contribution in [0.25, 0.3) is 0 Å². The Kier molecular flexibility index (Phi) is 7.26. The van der Waals surface area contributed by atoms with Crippen LogP contribution in [0.1, 0.15) is 35.7 Å². The van der Waals surface area contributed by atoms with E-state index in [1.165, 1.54) is 0 Å². The molecule has 0 radical (unpaired) electrons. The van der Waals surface area contributed by atoms with Crippen molar-refractivity contribution in [2.75, 3.05) is 13.7 Å². The van der Waals surface area contributed by atoms with Crippen LogP contribution < -0.4 is 20.3 Å². The van der Waals surface area contributed by atoms with Gasteiger partial charge in [0.2, 0.25) is 0 Å². The van der Waals surface area contributed by atoms with Crippen molar-refractivity contribution in [3.63, 3.8) is 0 Å². The molecule has 0 aliphatic heterocycles. The van der Waals surface area contributed by atoms with E-state index in [1.807, 2.05) is 24.3 Å². The molecule has 0 bridgehead atoms. The molecule has 0 saturated carbocycles. The third-order valence-electron chi connectivity index (χ3n) is 3.63. The number of hydrogen-bond acceptors (Lipinski definition) is 4. The quantitative estimate of drug-likeness (QED) is 0.504. The zero-order chi connectivity index (χ0) is 19.1. The van der Waals surface area contributed by atoms with Gasteiger partial charge < -0.3 is 9.47 Å². The predicted octanol–water partition coefficient (Wildman–Crippen LogP) is 3.26. The van der Waals surface area contributed by atoms with Crippen molar-refractivity contribution in [1.29, 1.82) is 0 Å². The maximum absolute atomic E-state index is 12.1. The average Bonchev–Trinajstić information content (AvgIpc) is 2.64. The third kappa shape index (κ3) is 5.35. The van der Waals surface area contributed by atoms with Gasteiger partial charge in [-0.25, -0.2) is 0 Å². The Morgan fingerprint density at radius 3 is 2.46 bits per heavy atom. The number of amides is 2. The Balaban J connectivity index is 1.87. The number of halogens is 1. The van der Waals surface area contributed by atoms with Crippen LogP contribution in [-0.2, 0) is 4.79 Å². The van der Waals surface area contributed by atoms with Crippen molar-refractivity contribution in [3.8, 4) is 11.5 Å². The summed E-state index contributed by atoms with van der Waals surface area (Å²) in [4.78, 5) is 24.0. The van der Waals surface area contributed by atoms with E-state index < -0.39 is 11.8 Å². The number of ether oxygens (including phenoxy) is 2. The van der Waals surface area contributed by atoms with E-state index in [2.05, 4.69) is 47.3 Å². The number of carbonyl (C=O) groups excluding carboxylic acids is 2. The lowest BCUT2D eigenvalue weighted by Crippen LogP contribution is -2.43. The molecule has 0 aromatic heterocycles. The minimum absolute atomic E-state index is 0.190. The fraction of sp³-hybridized carbons (Fsp3) is 0.263. The largest absolute Gasteiger partial charge is 0.496 e. The Hall–Kier alpha value is -2.29. The lowest BCUT2D eigenvalue weighted by atomic mass is 10.0. The number of rotatable bonds is 6. The van der Waals surface area contributed by atoms with Gasteiger partial charge in [0.15, 0.2) is 6.61 Å². The molecule has 2 amide bonds. The van der Waals surface area contributed by atoms with E-state index in [4.69, 9.17) is 9.47 Å². The summed E-state index contributed by atoms with van der Waals surface area (Å²) in [7, 11) is 1.56. The van der Waals surface area contributed by atoms with Gasteiger partial charge in [-0.1, -0.05) is 32.0 Å². The van der Waals surface area contributed by atoms with Crippen LogP contribution in [-0.4, -0.2) is 25.5 Å². The zero-order valence-corrected chi connectivity index (χ0v) is 17.0. The van der Waals surface area contributed by atoms with Gasteiger partial charge in [0.05, 0.1) is 10.7 Å². The molecule has 6 nitrogen and oxygen atoms in total. The van der Waals surface area contributed by atoms with Gasteiger partial charge in [-0.15, -0.1) is 0 Å². The molecule has 0 unspecified atom stereocenters. The second-order valence-electron chi connectivity index (χ2n) is 5.83. The fourth-order valence-electron chi connectivity index (χ4n) is 2.27. The van der Waals surface area contributed by atoms with Crippen LogP contribution in [0.3, 0.4) is 0 Å². The van der Waals surface area contributed by atoms with E-state index in [-0.39, 0.29) is 12.5 Å². The van der Waals surface area contributed by atoms with Gasteiger partial charge in [0, 0.05) is 5.56 Å². The van der Waals surface area contributed by atoms with Crippen molar-refractivity contribution < 1.29 is 19.1 Å². The number of hydrazine groups is 1. The topological polar surface area (TPSA) is 76.7 Å². The highest BCUT2D eigenvalue weighted by Gasteiger charge is 2.12. The second-order valence-corrected chi connectivity index (χ2v) is 7.00. The molecular formula is C19H21IN2O4. The van der Waals surface area contributed by atoms with E-state index >= 15 is 0 Å². The maximum atomic E-state index is 12.1. The van der Waals surface area contributed by atoms with Crippen LogP contribution in [0.2, 0.25) is 0 Å². The van der Waals surface area contributed by atoms with Crippen LogP contribution in [0.4, 0.5) is 0 Å². The minimum atomic E-state index is -0.444. The van der Waals surface area contributed by atoms with Gasteiger partial charge in [-0.2, -0.15) is 0 Å². The molecule has 0 fully saturated rings. The summed E-state index contributed by atoms with van der Waals surface area (Å²) in [6.45, 7) is 3.92. The Morgan fingerprint density at radius 2 is 1.81 bits per heavy atom. The average molecular weight is 468 g/mol. The first-order valence-corrected chi connectivity index (χ1v) is 9.14. The highest BCUT2D eigenvalue weighted by atomic mass is 127. The molecule has 0 spiro atoms. The summed E-state index contributed by atoms with van der Waals surface area (Å²) in [5.41, 5.74) is 6.17. The highest BCUT2D eigenvalue weighted by Crippen LogP contribution is 2.25. The van der Waals surface area contributed by atoms with Crippen molar-refractivity contribution in [2.24, 2.45) is 0 Å². The molecule has 0 atom stereocenters. The molecule has 2 rings (SSSR count). The predicted molar refractivity (Wildman–Crippen MR) is 107 cm³/mol. The Labute approximate surface area is 166 Å².